The van der Waals surface area contributed by atoms with Gasteiger partial charge in [-0.3, -0.25) is 4.90 Å². The van der Waals surface area contributed by atoms with E-state index in [0.717, 1.165) is 36.5 Å². The van der Waals surface area contributed by atoms with Crippen molar-refractivity contribution >= 4 is 23.2 Å². The number of hydrogen-bond donors (Lipinski definition) is 2. The molecule has 4 heterocycles. The van der Waals surface area contributed by atoms with E-state index in [1.165, 1.54) is 6.07 Å². The van der Waals surface area contributed by atoms with Crippen LogP contribution >= 0.6 is 0 Å². The van der Waals surface area contributed by atoms with Gasteiger partial charge in [-0.1, -0.05) is 23.4 Å². The highest BCUT2D eigenvalue weighted by Gasteiger charge is 2.40. The topological polar surface area (TPSA) is 105 Å². The predicted octanol–water partition coefficient (Wildman–Crippen LogP) is 4.44. The SMILES string of the molecule is NCc1cnnn1-c1cccc(NC(=O)N2c3nc(-c4cccc(C(F)(F)F)c4)ccc3N3CC[C@H]2C3)c1. The number of alkyl halides is 3. The van der Waals surface area contributed by atoms with Crippen molar-refractivity contribution in [2.45, 2.75) is 25.2 Å². The van der Waals surface area contributed by atoms with E-state index in [1.54, 1.807) is 46.1 Å². The molecule has 2 amide bonds. The zero-order valence-corrected chi connectivity index (χ0v) is 20.1. The molecule has 0 aliphatic carbocycles. The van der Waals surface area contributed by atoms with E-state index in [2.05, 4.69) is 20.5 Å². The number of nitrogens with zero attached hydrogens (tertiary/aromatic N) is 6. The molecule has 6 rings (SSSR count). The normalized spacial score (nSPS) is 16.5. The Balaban J connectivity index is 1.33. The predicted molar refractivity (Wildman–Crippen MR) is 136 cm³/mol. The van der Waals surface area contributed by atoms with E-state index in [0.29, 0.717) is 35.0 Å². The maximum Gasteiger partial charge on any atom is 0.416 e. The standard InChI is InChI=1S/C26H23F3N8O/c27-26(28,29)17-4-1-3-16(11-17)22-7-8-23-24(33-22)36(20-9-10-35(23)15-20)25(38)32-18-5-2-6-19(12-18)37-21(13-30)14-31-34-37/h1-8,11-12,14,20H,9-10,13,15,30H2,(H,32,38)/t20-/m0/s1. The Kier molecular flexibility index (Phi) is 5.75. The number of carbonyl (C=O) groups excluding carboxylic acids is 1. The summed E-state index contributed by atoms with van der Waals surface area (Å²) in [5.41, 5.74) is 8.43. The summed E-state index contributed by atoms with van der Waals surface area (Å²) in [5, 5.41) is 10.9. The number of hydrogen-bond acceptors (Lipinski definition) is 6. The molecule has 3 N–H and O–H groups in total. The van der Waals surface area contributed by atoms with E-state index in [1.807, 2.05) is 12.1 Å². The molecular formula is C26H23F3N8O. The number of urea groups is 1. The summed E-state index contributed by atoms with van der Waals surface area (Å²) >= 11 is 0. The van der Waals surface area contributed by atoms with Gasteiger partial charge in [0, 0.05) is 30.9 Å². The van der Waals surface area contributed by atoms with Crippen LogP contribution in [0.5, 0.6) is 0 Å². The molecule has 1 atom stereocenters. The molecule has 4 aromatic rings. The highest BCUT2D eigenvalue weighted by Crippen LogP contribution is 2.41. The van der Waals surface area contributed by atoms with Crippen molar-refractivity contribution in [3.05, 3.63) is 78.1 Å². The number of anilines is 3. The van der Waals surface area contributed by atoms with Crippen LogP contribution in [0.4, 0.5) is 35.2 Å². The van der Waals surface area contributed by atoms with Gasteiger partial charge in [0.15, 0.2) is 5.82 Å². The number of nitrogens with one attached hydrogen (secondary N) is 1. The molecule has 2 aromatic carbocycles. The number of rotatable bonds is 4. The Morgan fingerprint density at radius 1 is 1.11 bits per heavy atom. The Bertz CT molecular complexity index is 1520. The molecule has 0 radical (unpaired) electrons. The van der Waals surface area contributed by atoms with Crippen molar-refractivity contribution < 1.29 is 18.0 Å². The molecule has 2 aromatic heterocycles. The highest BCUT2D eigenvalue weighted by atomic mass is 19.4. The van der Waals surface area contributed by atoms with Crippen LogP contribution in [0.15, 0.2) is 66.9 Å². The number of nitrogens with two attached hydrogens (primary N) is 1. The van der Waals surface area contributed by atoms with Gasteiger partial charge in [0.1, 0.15) is 0 Å². The van der Waals surface area contributed by atoms with Crippen molar-refractivity contribution in [2.24, 2.45) is 5.73 Å². The van der Waals surface area contributed by atoms with E-state index in [-0.39, 0.29) is 18.6 Å². The van der Waals surface area contributed by atoms with Gasteiger partial charge in [-0.15, -0.1) is 5.10 Å². The summed E-state index contributed by atoms with van der Waals surface area (Å²) in [6.07, 6.45) is -2.14. The number of aromatic nitrogens is 4. The average Bonchev–Trinajstić information content (AvgIpc) is 3.56. The molecule has 38 heavy (non-hydrogen) atoms. The maximum absolute atomic E-state index is 13.6. The summed E-state index contributed by atoms with van der Waals surface area (Å²) < 4.78 is 41.5. The summed E-state index contributed by atoms with van der Waals surface area (Å²) in [5.74, 6) is 0.420. The lowest BCUT2D eigenvalue weighted by Crippen LogP contribution is -2.48. The van der Waals surface area contributed by atoms with Crippen LogP contribution in [-0.4, -0.2) is 45.1 Å². The number of fused-ring (bicyclic) bond motifs is 4. The smallest absolute Gasteiger partial charge is 0.366 e. The lowest BCUT2D eigenvalue weighted by atomic mass is 10.1. The molecule has 1 saturated heterocycles. The fourth-order valence-corrected chi connectivity index (χ4v) is 5.00. The summed E-state index contributed by atoms with van der Waals surface area (Å²) in [6, 6.07) is 15.2. The van der Waals surface area contributed by atoms with Crippen LogP contribution < -0.4 is 20.9 Å². The van der Waals surface area contributed by atoms with Crippen LogP contribution in [0.1, 0.15) is 17.7 Å². The lowest BCUT2D eigenvalue weighted by Gasteiger charge is -2.36. The van der Waals surface area contributed by atoms with E-state index < -0.39 is 11.7 Å². The van der Waals surface area contributed by atoms with E-state index in [4.69, 9.17) is 10.7 Å². The van der Waals surface area contributed by atoms with Crippen LogP contribution in [0.25, 0.3) is 16.9 Å². The number of carbonyl (C=O) groups is 1. The van der Waals surface area contributed by atoms with Gasteiger partial charge >= 0.3 is 12.2 Å². The third-order valence-corrected chi connectivity index (χ3v) is 6.83. The monoisotopic (exact) mass is 520 g/mol. The van der Waals surface area contributed by atoms with Crippen molar-refractivity contribution in [2.75, 3.05) is 28.2 Å². The zero-order chi connectivity index (χ0) is 26.4. The Labute approximate surface area is 215 Å². The molecular weight excluding hydrogens is 497 g/mol. The maximum atomic E-state index is 13.6. The van der Waals surface area contributed by atoms with Crippen LogP contribution in [0.3, 0.4) is 0 Å². The zero-order valence-electron chi connectivity index (χ0n) is 20.1. The van der Waals surface area contributed by atoms with Gasteiger partial charge in [-0.05, 0) is 48.9 Å². The number of pyridine rings is 1. The molecule has 12 heteroatoms. The van der Waals surface area contributed by atoms with Gasteiger partial charge in [-0.2, -0.15) is 13.2 Å². The third-order valence-electron chi connectivity index (χ3n) is 6.83. The molecule has 1 fully saturated rings. The first-order valence-electron chi connectivity index (χ1n) is 12.1. The first kappa shape index (κ1) is 23.9. The van der Waals surface area contributed by atoms with Crippen molar-refractivity contribution in [1.82, 2.24) is 20.0 Å². The second-order valence-electron chi connectivity index (χ2n) is 9.20. The first-order chi connectivity index (χ1) is 18.3. The fraction of sp³-hybridized carbons (Fsp3) is 0.231. The molecule has 0 unspecified atom stereocenters. The molecule has 2 aliphatic heterocycles. The minimum absolute atomic E-state index is 0.117. The van der Waals surface area contributed by atoms with E-state index in [9.17, 15) is 18.0 Å². The van der Waals surface area contributed by atoms with Gasteiger partial charge in [0.05, 0.1) is 40.6 Å². The van der Waals surface area contributed by atoms with Crippen LogP contribution in [0.2, 0.25) is 0 Å². The quantitative estimate of drug-likeness (QED) is 0.412. The molecule has 0 saturated carbocycles. The minimum Gasteiger partial charge on any atom is -0.366 e. The average molecular weight is 521 g/mol. The largest absolute Gasteiger partial charge is 0.416 e. The summed E-state index contributed by atoms with van der Waals surface area (Å²) in [6.45, 7) is 1.67. The second-order valence-corrected chi connectivity index (χ2v) is 9.20. The minimum atomic E-state index is -4.47. The van der Waals surface area contributed by atoms with Crippen LogP contribution in [0, 0.1) is 0 Å². The fourth-order valence-electron chi connectivity index (χ4n) is 5.00. The number of amides is 2. The van der Waals surface area contributed by atoms with Crippen molar-refractivity contribution in [3.8, 4) is 16.9 Å². The second kappa shape index (κ2) is 9.14. The van der Waals surface area contributed by atoms with Crippen molar-refractivity contribution in [1.29, 1.82) is 0 Å². The lowest BCUT2D eigenvalue weighted by molar-refractivity contribution is -0.137. The summed E-state index contributed by atoms with van der Waals surface area (Å²) in [4.78, 5) is 22.1. The molecule has 0 spiro atoms. The summed E-state index contributed by atoms with van der Waals surface area (Å²) in [7, 11) is 0. The van der Waals surface area contributed by atoms with Gasteiger partial charge in [0.2, 0.25) is 0 Å². The molecule has 2 aliphatic rings. The molecule has 2 bridgehead atoms. The Hall–Kier alpha value is -4.45. The van der Waals surface area contributed by atoms with Gasteiger partial charge in [-0.25, -0.2) is 14.5 Å². The van der Waals surface area contributed by atoms with Crippen molar-refractivity contribution in [3.63, 3.8) is 0 Å². The van der Waals surface area contributed by atoms with E-state index >= 15 is 0 Å². The Morgan fingerprint density at radius 2 is 1.95 bits per heavy atom. The third kappa shape index (κ3) is 4.22. The van der Waals surface area contributed by atoms with Crippen LogP contribution in [-0.2, 0) is 12.7 Å². The Morgan fingerprint density at radius 3 is 2.76 bits per heavy atom. The van der Waals surface area contributed by atoms with Gasteiger partial charge < -0.3 is 16.0 Å². The molecule has 194 valence electrons. The highest BCUT2D eigenvalue weighted by molar-refractivity contribution is 6.05. The number of halogens is 3. The van der Waals surface area contributed by atoms with Gasteiger partial charge in [0.25, 0.3) is 0 Å². The molecule has 9 nitrogen and oxygen atoms in total. The number of benzene rings is 2. The first-order valence-corrected chi connectivity index (χ1v) is 12.1.